The number of hydrogen-bond acceptors (Lipinski definition) is 4. The van der Waals surface area contributed by atoms with E-state index < -0.39 is 0 Å². The first-order valence-electron chi connectivity index (χ1n) is 10.7. The number of hydrogen-bond donors (Lipinski definition) is 2. The van der Waals surface area contributed by atoms with Gasteiger partial charge in [-0.3, -0.25) is 4.99 Å². The molecule has 0 radical (unpaired) electrons. The van der Waals surface area contributed by atoms with Gasteiger partial charge in [-0.15, -0.1) is 24.0 Å². The first-order chi connectivity index (χ1) is 13.7. The lowest BCUT2D eigenvalue weighted by Crippen LogP contribution is -2.38. The molecule has 0 spiro atoms. The molecule has 2 N–H and O–H groups in total. The van der Waals surface area contributed by atoms with E-state index in [2.05, 4.69) is 27.4 Å². The predicted octanol–water partition coefficient (Wildman–Crippen LogP) is 4.36. The molecule has 1 aliphatic heterocycles. The molecule has 0 aliphatic carbocycles. The van der Waals surface area contributed by atoms with Crippen LogP contribution in [0.1, 0.15) is 45.4 Å². The molecular formula is C22H39IN4O2. The highest BCUT2D eigenvalue weighted by Gasteiger charge is 2.16. The van der Waals surface area contributed by atoms with Gasteiger partial charge >= 0.3 is 0 Å². The summed E-state index contributed by atoms with van der Waals surface area (Å²) in [4.78, 5) is 6.96. The van der Waals surface area contributed by atoms with E-state index in [-0.39, 0.29) is 24.0 Å². The first kappa shape index (κ1) is 26.0. The van der Waals surface area contributed by atoms with E-state index in [1.807, 2.05) is 24.3 Å². The molecule has 0 bridgehead atoms. The number of nitrogens with zero attached hydrogens (tertiary/aromatic N) is 2. The quantitative estimate of drug-likeness (QED) is 0.197. The topological polar surface area (TPSA) is 58.1 Å². The Hall–Kier alpha value is -1.06. The fourth-order valence-electron chi connectivity index (χ4n) is 3.51. The minimum atomic E-state index is 0. The maximum absolute atomic E-state index is 5.76. The summed E-state index contributed by atoms with van der Waals surface area (Å²) in [5, 5.41) is 6.75. The summed E-state index contributed by atoms with van der Waals surface area (Å²) in [6, 6.07) is 8.72. The Labute approximate surface area is 193 Å². The minimum Gasteiger partial charge on any atom is -0.493 e. The molecule has 0 aromatic heterocycles. The third-order valence-corrected chi connectivity index (χ3v) is 5.19. The van der Waals surface area contributed by atoms with Crippen LogP contribution in [0.4, 0.5) is 5.69 Å². The molecule has 1 atom stereocenters. The maximum Gasteiger partial charge on any atom is 0.195 e. The van der Waals surface area contributed by atoms with Crippen LogP contribution in [0.3, 0.4) is 0 Å². The molecule has 1 aliphatic rings. The van der Waals surface area contributed by atoms with Crippen LogP contribution in [0, 0.1) is 0 Å². The van der Waals surface area contributed by atoms with Gasteiger partial charge in [0.15, 0.2) is 5.96 Å². The van der Waals surface area contributed by atoms with Gasteiger partial charge in [0.05, 0.1) is 6.61 Å². The number of guanidine groups is 1. The van der Waals surface area contributed by atoms with Crippen molar-refractivity contribution in [2.45, 2.75) is 51.5 Å². The van der Waals surface area contributed by atoms with E-state index in [4.69, 9.17) is 9.47 Å². The number of benzene rings is 1. The zero-order valence-electron chi connectivity index (χ0n) is 18.3. The van der Waals surface area contributed by atoms with Gasteiger partial charge in [-0.05, 0) is 57.8 Å². The Morgan fingerprint density at radius 1 is 1.21 bits per heavy atom. The Balaban J connectivity index is 0.00000420. The molecule has 1 aromatic carbocycles. The van der Waals surface area contributed by atoms with E-state index in [9.17, 15) is 0 Å². The van der Waals surface area contributed by atoms with Gasteiger partial charge in [-0.2, -0.15) is 0 Å². The van der Waals surface area contributed by atoms with Crippen molar-refractivity contribution in [2.75, 3.05) is 52.3 Å². The van der Waals surface area contributed by atoms with E-state index in [1.165, 1.54) is 38.8 Å². The smallest absolute Gasteiger partial charge is 0.195 e. The normalized spacial score (nSPS) is 17.5. The molecular weight excluding hydrogens is 479 g/mol. The molecule has 1 unspecified atom stereocenters. The molecule has 0 amide bonds. The van der Waals surface area contributed by atoms with E-state index in [0.717, 1.165) is 42.8 Å². The van der Waals surface area contributed by atoms with Crippen molar-refractivity contribution in [2.24, 2.45) is 4.99 Å². The number of ether oxygens (including phenoxy) is 2. The fraction of sp³-hybridized carbons (Fsp3) is 0.682. The van der Waals surface area contributed by atoms with Gasteiger partial charge in [0.25, 0.3) is 0 Å². The molecule has 6 nitrogen and oxygen atoms in total. The van der Waals surface area contributed by atoms with Gasteiger partial charge in [0, 0.05) is 51.5 Å². The van der Waals surface area contributed by atoms with Crippen LogP contribution in [0.15, 0.2) is 29.3 Å². The monoisotopic (exact) mass is 518 g/mol. The van der Waals surface area contributed by atoms with Gasteiger partial charge < -0.3 is 25.0 Å². The average molecular weight is 518 g/mol. The van der Waals surface area contributed by atoms with Gasteiger partial charge in [0.1, 0.15) is 5.75 Å². The summed E-state index contributed by atoms with van der Waals surface area (Å²) < 4.78 is 10.8. The number of nitrogens with one attached hydrogen (secondary N) is 2. The molecule has 7 heteroatoms. The maximum atomic E-state index is 5.76. The van der Waals surface area contributed by atoms with Crippen molar-refractivity contribution >= 4 is 35.6 Å². The largest absolute Gasteiger partial charge is 0.493 e. The van der Waals surface area contributed by atoms with Gasteiger partial charge in [-0.1, -0.05) is 12.5 Å². The number of aliphatic imine (C=N–C) groups is 1. The first-order valence-corrected chi connectivity index (χ1v) is 10.7. The van der Waals surface area contributed by atoms with Crippen molar-refractivity contribution < 1.29 is 9.47 Å². The average Bonchev–Trinajstić information content (AvgIpc) is 2.71. The van der Waals surface area contributed by atoms with Crippen LogP contribution >= 0.6 is 24.0 Å². The SMILES string of the molecule is CN=C(NCCCCN1CCCCC1C)Nc1cccc(OCCCOC)c1.I. The van der Waals surface area contributed by atoms with Crippen LogP contribution in [0.2, 0.25) is 0 Å². The van der Waals surface area contributed by atoms with Crippen molar-refractivity contribution in [1.29, 1.82) is 0 Å². The Bertz CT molecular complexity index is 586. The summed E-state index contributed by atoms with van der Waals surface area (Å²) in [7, 11) is 3.51. The summed E-state index contributed by atoms with van der Waals surface area (Å²) in [5.41, 5.74) is 0.972. The van der Waals surface area contributed by atoms with Crippen molar-refractivity contribution in [1.82, 2.24) is 10.2 Å². The van der Waals surface area contributed by atoms with E-state index in [0.29, 0.717) is 13.2 Å². The Morgan fingerprint density at radius 2 is 2.07 bits per heavy atom. The van der Waals surface area contributed by atoms with E-state index in [1.54, 1.807) is 14.2 Å². The van der Waals surface area contributed by atoms with Crippen LogP contribution < -0.4 is 15.4 Å². The second-order valence-corrected chi connectivity index (χ2v) is 7.43. The Morgan fingerprint density at radius 3 is 2.83 bits per heavy atom. The molecule has 2 rings (SSSR count). The zero-order chi connectivity index (χ0) is 20.0. The number of anilines is 1. The molecule has 166 valence electrons. The molecule has 1 heterocycles. The van der Waals surface area contributed by atoms with Crippen molar-refractivity contribution in [3.63, 3.8) is 0 Å². The second kappa shape index (κ2) is 15.7. The number of rotatable bonds is 11. The predicted molar refractivity (Wildman–Crippen MR) is 133 cm³/mol. The third kappa shape index (κ3) is 10.5. The number of halogens is 1. The summed E-state index contributed by atoms with van der Waals surface area (Å²) in [6.45, 7) is 7.12. The molecule has 1 saturated heterocycles. The highest BCUT2D eigenvalue weighted by molar-refractivity contribution is 14.0. The number of likely N-dealkylation sites (tertiary alicyclic amines) is 1. The number of methoxy groups -OCH3 is 1. The highest BCUT2D eigenvalue weighted by Crippen LogP contribution is 2.18. The number of piperidine rings is 1. The highest BCUT2D eigenvalue weighted by atomic mass is 127. The number of unbranched alkanes of at least 4 members (excludes halogenated alkanes) is 1. The lowest BCUT2D eigenvalue weighted by atomic mass is 10.0. The van der Waals surface area contributed by atoms with Crippen LogP contribution in [0.25, 0.3) is 0 Å². The second-order valence-electron chi connectivity index (χ2n) is 7.43. The van der Waals surface area contributed by atoms with Crippen molar-refractivity contribution in [3.05, 3.63) is 24.3 Å². The molecule has 1 aromatic rings. The van der Waals surface area contributed by atoms with Crippen LogP contribution in [-0.2, 0) is 4.74 Å². The summed E-state index contributed by atoms with van der Waals surface area (Å²) in [5.74, 6) is 1.65. The zero-order valence-corrected chi connectivity index (χ0v) is 20.6. The van der Waals surface area contributed by atoms with Crippen LogP contribution in [-0.4, -0.2) is 63.9 Å². The molecule has 29 heavy (non-hydrogen) atoms. The van der Waals surface area contributed by atoms with Gasteiger partial charge in [0.2, 0.25) is 0 Å². The molecule has 1 fully saturated rings. The fourth-order valence-corrected chi connectivity index (χ4v) is 3.51. The van der Waals surface area contributed by atoms with Crippen LogP contribution in [0.5, 0.6) is 5.75 Å². The van der Waals surface area contributed by atoms with Crippen molar-refractivity contribution in [3.8, 4) is 5.75 Å². The third-order valence-electron chi connectivity index (χ3n) is 5.19. The lowest BCUT2D eigenvalue weighted by molar-refractivity contribution is 0.158. The summed E-state index contributed by atoms with van der Waals surface area (Å²) in [6.07, 6.45) is 7.35. The van der Waals surface area contributed by atoms with E-state index >= 15 is 0 Å². The lowest BCUT2D eigenvalue weighted by Gasteiger charge is -2.33. The standard InChI is InChI=1S/C22H38N4O2.HI/c1-19-10-4-6-14-26(19)15-7-5-13-24-22(23-2)25-20-11-8-12-21(18-20)28-17-9-16-27-3;/h8,11-12,18-19H,4-7,9-10,13-17H2,1-3H3,(H2,23,24,25);1H. The molecule has 0 saturated carbocycles. The minimum absolute atomic E-state index is 0. The Kier molecular flexibility index (Phi) is 14.1. The van der Waals surface area contributed by atoms with Gasteiger partial charge in [-0.25, -0.2) is 0 Å². The summed E-state index contributed by atoms with van der Waals surface area (Å²) >= 11 is 0.